The Morgan fingerprint density at radius 2 is 1.56 bits per heavy atom. The largest absolute Gasteiger partial charge is 0.289 e. The molecule has 0 N–H and O–H groups in total. The van der Waals surface area contributed by atoms with Gasteiger partial charge in [0, 0.05) is 6.07 Å². The molecule has 2 saturated heterocycles. The van der Waals surface area contributed by atoms with E-state index in [1.54, 1.807) is 5.06 Å². The summed E-state index contributed by atoms with van der Waals surface area (Å²) in [5.41, 5.74) is 1.25. The summed E-state index contributed by atoms with van der Waals surface area (Å²) in [7, 11) is 0. The number of anilines is 2. The highest BCUT2D eigenvalue weighted by atomic mass is 35.5. The highest BCUT2D eigenvalue weighted by molar-refractivity contribution is 6.33. The Kier molecular flexibility index (Phi) is 5.21. The predicted octanol–water partition coefficient (Wildman–Crippen LogP) is 5.45. The Hall–Kier alpha value is -4.27. The Balaban J connectivity index is 1.49. The molecule has 8 nitrogen and oxygen atoms in total. The molecule has 0 saturated carbocycles. The number of hydrogen-bond acceptors (Lipinski definition) is 6. The second-order valence-corrected chi connectivity index (χ2v) is 9.04. The van der Waals surface area contributed by atoms with Crippen LogP contribution in [-0.2, 0) is 14.4 Å². The number of rotatable bonds is 4. The molecule has 0 aliphatic carbocycles. The standard InChI is InChI=1S/C27H18ClN3O5/c28-21-14-13-18(15-22(21)31(34)35)29-26(32)23-24(20-12-6-8-16-7-4-5-11-19(16)20)30(36-25(23)27(29)33)17-9-2-1-3-10-17/h1-15,23-25H. The molecule has 9 heteroatoms. The summed E-state index contributed by atoms with van der Waals surface area (Å²) >= 11 is 5.95. The topological polar surface area (TPSA) is 93.0 Å². The van der Waals surface area contributed by atoms with Crippen LogP contribution in [0.5, 0.6) is 0 Å². The quantitative estimate of drug-likeness (QED) is 0.210. The number of carbonyl (C=O) groups is 2. The number of amides is 2. The second kappa shape index (κ2) is 8.44. The van der Waals surface area contributed by atoms with Crippen LogP contribution in [0, 0.1) is 16.0 Å². The number of hydroxylamine groups is 1. The number of hydrogen-bond donors (Lipinski definition) is 0. The first-order valence-corrected chi connectivity index (χ1v) is 11.6. The normalized spacial score (nSPS) is 21.3. The lowest BCUT2D eigenvalue weighted by molar-refractivity contribution is -0.384. The number of imide groups is 1. The molecule has 178 valence electrons. The third-order valence-corrected chi connectivity index (χ3v) is 6.97. The van der Waals surface area contributed by atoms with Crippen molar-refractivity contribution in [3.8, 4) is 0 Å². The molecule has 2 amide bonds. The van der Waals surface area contributed by atoms with Gasteiger partial charge in [-0.1, -0.05) is 72.3 Å². The summed E-state index contributed by atoms with van der Waals surface area (Å²) in [5, 5.41) is 14.9. The lowest BCUT2D eigenvalue weighted by atomic mass is 9.87. The third-order valence-electron chi connectivity index (χ3n) is 6.65. The van der Waals surface area contributed by atoms with Gasteiger partial charge in [0.25, 0.3) is 11.6 Å². The lowest BCUT2D eigenvalue weighted by Gasteiger charge is -2.29. The summed E-state index contributed by atoms with van der Waals surface area (Å²) in [6.45, 7) is 0. The van der Waals surface area contributed by atoms with Crippen LogP contribution in [0.15, 0.2) is 91.0 Å². The van der Waals surface area contributed by atoms with Crippen molar-refractivity contribution in [1.82, 2.24) is 0 Å². The van der Waals surface area contributed by atoms with Gasteiger partial charge in [-0.05, 0) is 40.6 Å². The van der Waals surface area contributed by atoms with Crippen LogP contribution in [-0.4, -0.2) is 22.8 Å². The number of halogens is 1. The van der Waals surface area contributed by atoms with Crippen molar-refractivity contribution in [3.63, 3.8) is 0 Å². The number of benzene rings is 4. The number of nitrogens with zero attached hydrogens (tertiary/aromatic N) is 3. The van der Waals surface area contributed by atoms with Crippen molar-refractivity contribution in [2.24, 2.45) is 5.92 Å². The van der Waals surface area contributed by atoms with Crippen molar-refractivity contribution in [3.05, 3.63) is 112 Å². The summed E-state index contributed by atoms with van der Waals surface area (Å²) in [6, 6.07) is 26.2. The number of nitro groups is 1. The van der Waals surface area contributed by atoms with Gasteiger partial charge in [-0.3, -0.25) is 24.5 Å². The molecule has 0 radical (unpaired) electrons. The first-order chi connectivity index (χ1) is 17.5. The Labute approximate surface area is 210 Å². The average molecular weight is 500 g/mol. The van der Waals surface area contributed by atoms with E-state index in [2.05, 4.69) is 0 Å². The van der Waals surface area contributed by atoms with E-state index in [0.717, 1.165) is 27.3 Å². The summed E-state index contributed by atoms with van der Waals surface area (Å²) in [6.07, 6.45) is -1.09. The van der Waals surface area contributed by atoms with E-state index in [0.29, 0.717) is 5.69 Å². The van der Waals surface area contributed by atoms with Gasteiger partial charge in [-0.2, -0.15) is 0 Å². The maximum atomic E-state index is 13.9. The first kappa shape index (κ1) is 22.2. The Morgan fingerprint density at radius 1 is 0.833 bits per heavy atom. The fourth-order valence-corrected chi connectivity index (χ4v) is 5.26. The van der Waals surface area contributed by atoms with Gasteiger partial charge in [0.1, 0.15) is 10.9 Å². The van der Waals surface area contributed by atoms with Crippen LogP contribution in [0.3, 0.4) is 0 Å². The number of para-hydroxylation sites is 1. The smallest absolute Gasteiger partial charge is 0.273 e. The molecule has 3 unspecified atom stereocenters. The molecule has 0 spiro atoms. The molecule has 2 aliphatic heterocycles. The minimum atomic E-state index is -1.09. The average Bonchev–Trinajstić information content (AvgIpc) is 3.40. The first-order valence-electron chi connectivity index (χ1n) is 11.3. The molecule has 0 bridgehead atoms. The van der Waals surface area contributed by atoms with Crippen molar-refractivity contribution in [1.29, 1.82) is 0 Å². The van der Waals surface area contributed by atoms with Crippen molar-refractivity contribution in [2.45, 2.75) is 12.1 Å². The van der Waals surface area contributed by atoms with E-state index in [4.69, 9.17) is 16.4 Å². The van der Waals surface area contributed by atoms with Crippen molar-refractivity contribution in [2.75, 3.05) is 9.96 Å². The highest BCUT2D eigenvalue weighted by Crippen LogP contribution is 2.49. The molecule has 0 aromatic heterocycles. The van der Waals surface area contributed by atoms with Gasteiger partial charge in [0.05, 0.1) is 22.3 Å². The summed E-state index contributed by atoms with van der Waals surface area (Å²) in [5.74, 6) is -1.93. The third kappa shape index (κ3) is 3.34. The molecule has 4 aromatic rings. The van der Waals surface area contributed by atoms with Gasteiger partial charge < -0.3 is 0 Å². The maximum absolute atomic E-state index is 13.9. The molecule has 2 heterocycles. The fourth-order valence-electron chi connectivity index (χ4n) is 5.07. The van der Waals surface area contributed by atoms with E-state index in [1.807, 2.05) is 72.8 Å². The van der Waals surface area contributed by atoms with Crippen LogP contribution in [0.2, 0.25) is 5.02 Å². The van der Waals surface area contributed by atoms with Gasteiger partial charge in [-0.25, -0.2) is 9.96 Å². The van der Waals surface area contributed by atoms with Gasteiger partial charge in [0.2, 0.25) is 5.91 Å². The highest BCUT2D eigenvalue weighted by Gasteiger charge is 2.60. The van der Waals surface area contributed by atoms with Crippen LogP contribution in [0.1, 0.15) is 11.6 Å². The Morgan fingerprint density at radius 3 is 2.33 bits per heavy atom. The minimum absolute atomic E-state index is 0.0804. The fraction of sp³-hybridized carbons (Fsp3) is 0.111. The van der Waals surface area contributed by atoms with Gasteiger partial charge in [-0.15, -0.1) is 0 Å². The molecule has 4 aromatic carbocycles. The van der Waals surface area contributed by atoms with E-state index >= 15 is 0 Å². The molecule has 2 fully saturated rings. The van der Waals surface area contributed by atoms with Gasteiger partial charge in [0.15, 0.2) is 6.10 Å². The maximum Gasteiger partial charge on any atom is 0.289 e. The lowest BCUT2D eigenvalue weighted by Crippen LogP contribution is -2.37. The molecular weight excluding hydrogens is 482 g/mol. The monoisotopic (exact) mass is 499 g/mol. The van der Waals surface area contributed by atoms with Crippen LogP contribution < -0.4 is 9.96 Å². The summed E-state index contributed by atoms with van der Waals surface area (Å²) < 4.78 is 0. The molecule has 2 aliphatic rings. The molecular formula is C27H18ClN3O5. The van der Waals surface area contributed by atoms with Crippen LogP contribution in [0.25, 0.3) is 10.8 Å². The van der Waals surface area contributed by atoms with Gasteiger partial charge >= 0.3 is 0 Å². The number of fused-ring (bicyclic) bond motifs is 2. The molecule has 3 atom stereocenters. The zero-order valence-corrected chi connectivity index (χ0v) is 19.4. The van der Waals surface area contributed by atoms with E-state index in [1.165, 1.54) is 12.1 Å². The van der Waals surface area contributed by atoms with E-state index in [9.17, 15) is 19.7 Å². The SMILES string of the molecule is O=C1C2ON(c3ccccc3)C(c3cccc4ccccc34)C2C(=O)N1c1ccc(Cl)c([N+](=O)[O-])c1. The Bertz CT molecular complexity index is 1540. The number of nitro benzene ring substituents is 1. The minimum Gasteiger partial charge on any atom is -0.273 e. The predicted molar refractivity (Wildman–Crippen MR) is 135 cm³/mol. The second-order valence-electron chi connectivity index (χ2n) is 8.63. The van der Waals surface area contributed by atoms with E-state index in [-0.39, 0.29) is 16.4 Å². The molecule has 36 heavy (non-hydrogen) atoms. The van der Waals surface area contributed by atoms with Crippen LogP contribution >= 0.6 is 11.6 Å². The summed E-state index contributed by atoms with van der Waals surface area (Å²) in [4.78, 5) is 45.3. The zero-order valence-electron chi connectivity index (χ0n) is 18.7. The zero-order chi connectivity index (χ0) is 25.0. The molecule has 6 rings (SSSR count). The van der Waals surface area contributed by atoms with Crippen LogP contribution in [0.4, 0.5) is 17.1 Å². The number of carbonyl (C=O) groups excluding carboxylic acids is 2. The van der Waals surface area contributed by atoms with Crippen molar-refractivity contribution < 1.29 is 19.3 Å². The van der Waals surface area contributed by atoms with E-state index < -0.39 is 34.8 Å². The van der Waals surface area contributed by atoms with Crippen molar-refractivity contribution >= 4 is 51.2 Å².